The van der Waals surface area contributed by atoms with Crippen LogP contribution in [0.2, 0.25) is 0 Å². The molecular weight excluding hydrogens is 841 g/mol. The fraction of sp³-hybridized carbons (Fsp3) is 0.690. The van der Waals surface area contributed by atoms with E-state index in [4.69, 9.17) is 27.8 Å². The summed E-state index contributed by atoms with van der Waals surface area (Å²) in [5.41, 5.74) is -0.309. The monoisotopic (exact) mass is 905 g/mol. The van der Waals surface area contributed by atoms with Crippen molar-refractivity contribution in [2.45, 2.75) is 156 Å². The van der Waals surface area contributed by atoms with E-state index in [9.17, 15) is 42.0 Å². The van der Waals surface area contributed by atoms with E-state index in [1.165, 1.54) is 13.0 Å². The van der Waals surface area contributed by atoms with Gasteiger partial charge in [-0.15, -0.1) is 0 Å². The second-order valence-corrected chi connectivity index (χ2v) is 18.8. The van der Waals surface area contributed by atoms with Crippen LogP contribution in [0.3, 0.4) is 0 Å². The highest BCUT2D eigenvalue weighted by Crippen LogP contribution is 2.52. The van der Waals surface area contributed by atoms with Crippen molar-refractivity contribution in [3.63, 3.8) is 0 Å². The van der Waals surface area contributed by atoms with E-state index in [-0.39, 0.29) is 80.2 Å². The molecule has 0 bridgehead atoms. The van der Waals surface area contributed by atoms with E-state index >= 15 is 0 Å². The minimum Gasteiger partial charge on any atom is -0.507 e. The van der Waals surface area contributed by atoms with Crippen molar-refractivity contribution in [2.24, 2.45) is 0 Å². The second-order valence-electron chi connectivity index (χ2n) is 15.4. The van der Waals surface area contributed by atoms with Gasteiger partial charge in [-0.1, -0.05) is 25.7 Å². The molecule has 1 aromatic carbocycles. The number of nitriles is 1. The lowest BCUT2D eigenvalue weighted by Gasteiger charge is -2.35. The lowest BCUT2D eigenvalue weighted by Crippen LogP contribution is -2.33. The number of rotatable bonds is 32. The summed E-state index contributed by atoms with van der Waals surface area (Å²) in [5.74, 6) is -2.64. The first-order valence-corrected chi connectivity index (χ1v) is 23.8. The molecule has 14 nitrogen and oxygen atoms in total. The molecule has 61 heavy (non-hydrogen) atoms. The van der Waals surface area contributed by atoms with Gasteiger partial charge in [-0.2, -0.15) is 18.4 Å². The SMILES string of the molecule is CC(=O)NCCCCOP(=O)(OCCCCCC(=O)C(F)(F)F)c1c(O)c(CCC(=O)CCCCCCCOP(OCCC#N)N(C(C)C)C(C)C)cc2c(C)cc(=O)oc12. The number of hydrogen-bond acceptors (Lipinski definition) is 13. The molecular formula is C42H64F3N3O11P2. The largest absolute Gasteiger partial charge is 0.507 e. The second kappa shape index (κ2) is 27.8. The van der Waals surface area contributed by atoms with Crippen molar-refractivity contribution in [3.05, 3.63) is 33.7 Å². The number of Topliss-reactive ketones (excluding diaryl/α,β-unsaturated/α-hetero) is 2. The molecule has 1 heterocycles. The highest BCUT2D eigenvalue weighted by molar-refractivity contribution is 7.63. The van der Waals surface area contributed by atoms with Crippen LogP contribution in [0.15, 0.2) is 21.3 Å². The Kier molecular flexibility index (Phi) is 24.5. The van der Waals surface area contributed by atoms with Gasteiger partial charge in [-0.3, -0.25) is 18.9 Å². The number of nitrogens with one attached hydrogen (secondary N) is 1. The number of benzene rings is 1. The summed E-state index contributed by atoms with van der Waals surface area (Å²) in [6, 6.07) is 5.32. The van der Waals surface area contributed by atoms with Gasteiger partial charge in [0, 0.05) is 56.3 Å². The molecule has 0 saturated heterocycles. The smallest absolute Gasteiger partial charge is 0.449 e. The standard InChI is InChI=1S/C42H64F3N3O11P2/c1-30(2)48(31(3)4)60(56-25-17-22-46)55-24-14-9-7-8-11-18-35(50)21-20-34-29-36-32(5)28-38(52)59-40(36)41(39(34)53)61(54,58-27-16-13-23-47-33(6)49)57-26-15-10-12-19-37(51)42(43,44)45/h28-31,53H,7-21,23-27H2,1-6H3,(H,47,49). The molecule has 0 radical (unpaired) electrons. The molecule has 19 heteroatoms. The number of ketones is 2. The van der Waals surface area contributed by atoms with Gasteiger partial charge in [0.2, 0.25) is 11.7 Å². The molecule has 2 N–H and O–H groups in total. The number of carbonyl (C=O) groups is 3. The third-order valence-electron chi connectivity index (χ3n) is 9.51. The van der Waals surface area contributed by atoms with E-state index in [2.05, 4.69) is 43.8 Å². The molecule has 2 aromatic rings. The van der Waals surface area contributed by atoms with Crippen molar-refractivity contribution in [1.29, 1.82) is 5.26 Å². The van der Waals surface area contributed by atoms with Crippen molar-refractivity contribution in [2.75, 3.05) is 33.0 Å². The minimum atomic E-state index is -4.93. The summed E-state index contributed by atoms with van der Waals surface area (Å²) < 4.78 is 84.0. The van der Waals surface area contributed by atoms with Crippen molar-refractivity contribution in [1.82, 2.24) is 9.99 Å². The van der Waals surface area contributed by atoms with E-state index in [0.29, 0.717) is 62.8 Å². The van der Waals surface area contributed by atoms with Crippen LogP contribution >= 0.6 is 16.1 Å². The quantitative estimate of drug-likeness (QED) is 0.0401. The molecule has 344 valence electrons. The normalized spacial score (nSPS) is 13.5. The molecule has 0 fully saturated rings. The summed E-state index contributed by atoms with van der Waals surface area (Å²) in [6.45, 7) is 12.0. The summed E-state index contributed by atoms with van der Waals surface area (Å²) >= 11 is 0. The molecule has 1 amide bonds. The topological polar surface area (TPSA) is 195 Å². The highest BCUT2D eigenvalue weighted by atomic mass is 31.2. The maximum Gasteiger partial charge on any atom is 0.449 e. The number of aryl methyl sites for hydroxylation is 2. The summed E-state index contributed by atoms with van der Waals surface area (Å²) in [6.07, 6.45) is 0.108. The zero-order valence-electron chi connectivity index (χ0n) is 36.4. The van der Waals surface area contributed by atoms with Crippen molar-refractivity contribution in [3.8, 4) is 11.8 Å². The number of phenols is 1. The number of phenolic OH excluding ortho intramolecular Hbond substituents is 1. The van der Waals surface area contributed by atoms with Gasteiger partial charge < -0.3 is 32.9 Å². The van der Waals surface area contributed by atoms with Gasteiger partial charge in [0.25, 0.3) is 8.53 Å². The molecule has 0 saturated carbocycles. The summed E-state index contributed by atoms with van der Waals surface area (Å²) in [4.78, 5) is 48.2. The Hall–Kier alpha value is -3.22. The number of unbranched alkanes of at least 4 members (excludes halogenated alkanes) is 7. The number of halogens is 3. The van der Waals surface area contributed by atoms with Gasteiger partial charge >= 0.3 is 19.4 Å². The fourth-order valence-electron chi connectivity index (χ4n) is 6.46. The Morgan fingerprint density at radius 1 is 0.885 bits per heavy atom. The lowest BCUT2D eigenvalue weighted by molar-refractivity contribution is -0.171. The molecule has 2 unspecified atom stereocenters. The number of hydrogen-bond donors (Lipinski definition) is 2. The van der Waals surface area contributed by atoms with Crippen LogP contribution in [0, 0.1) is 18.3 Å². The Labute approximate surface area is 358 Å². The molecule has 0 aliphatic rings. The van der Waals surface area contributed by atoms with Crippen molar-refractivity contribution < 1.29 is 59.7 Å². The molecule has 1 aromatic heterocycles. The number of amides is 1. The summed E-state index contributed by atoms with van der Waals surface area (Å²) in [7, 11) is -5.82. The van der Waals surface area contributed by atoms with Crippen LogP contribution < -0.4 is 16.2 Å². The molecule has 2 rings (SSSR count). The van der Waals surface area contributed by atoms with Crippen LogP contribution in [-0.2, 0) is 43.5 Å². The van der Waals surface area contributed by atoms with Gasteiger partial charge in [0.1, 0.15) is 16.8 Å². The number of carbonyl (C=O) groups excluding carboxylic acids is 3. The van der Waals surface area contributed by atoms with Crippen LogP contribution in [0.5, 0.6) is 5.75 Å². The average Bonchev–Trinajstić information content (AvgIpc) is 3.16. The van der Waals surface area contributed by atoms with E-state index in [0.717, 1.165) is 25.7 Å². The number of aromatic hydroxyl groups is 1. The Bertz CT molecular complexity index is 1840. The predicted molar refractivity (Wildman–Crippen MR) is 228 cm³/mol. The molecule has 0 spiro atoms. The van der Waals surface area contributed by atoms with E-state index in [1.807, 2.05) is 0 Å². The van der Waals surface area contributed by atoms with Gasteiger partial charge in [0.05, 0.1) is 38.9 Å². The van der Waals surface area contributed by atoms with E-state index in [1.54, 1.807) is 13.0 Å². The third-order valence-corrected chi connectivity index (χ3v) is 13.6. The zero-order chi connectivity index (χ0) is 45.6. The highest BCUT2D eigenvalue weighted by Gasteiger charge is 2.38. The average molecular weight is 906 g/mol. The Morgan fingerprint density at radius 3 is 2.08 bits per heavy atom. The number of nitrogens with zero attached hydrogens (tertiary/aromatic N) is 2. The Morgan fingerprint density at radius 2 is 1.46 bits per heavy atom. The van der Waals surface area contributed by atoms with Gasteiger partial charge in [0.15, 0.2) is 5.58 Å². The predicted octanol–water partition coefficient (Wildman–Crippen LogP) is 9.40. The first kappa shape index (κ1) is 53.9. The first-order chi connectivity index (χ1) is 28.8. The lowest BCUT2D eigenvalue weighted by atomic mass is 10.00. The van der Waals surface area contributed by atoms with Crippen LogP contribution in [0.4, 0.5) is 13.2 Å². The van der Waals surface area contributed by atoms with Crippen molar-refractivity contribution >= 4 is 49.9 Å². The molecule has 2 atom stereocenters. The first-order valence-electron chi connectivity index (χ1n) is 21.1. The summed E-state index contributed by atoms with van der Waals surface area (Å²) in [5, 5.41) is 23.2. The maximum atomic E-state index is 14.7. The van der Waals surface area contributed by atoms with Crippen LogP contribution in [0.1, 0.15) is 136 Å². The fourth-order valence-corrected chi connectivity index (χ4v) is 9.98. The van der Waals surface area contributed by atoms with Gasteiger partial charge in [-0.25, -0.2) is 9.46 Å². The third kappa shape index (κ3) is 19.4. The molecule has 0 aliphatic carbocycles. The molecule has 0 aliphatic heterocycles. The zero-order valence-corrected chi connectivity index (χ0v) is 38.2. The maximum absolute atomic E-state index is 14.7. The number of alkyl halides is 3. The van der Waals surface area contributed by atoms with E-state index < -0.39 is 51.2 Å². The minimum absolute atomic E-state index is 0.0397. The van der Waals surface area contributed by atoms with Crippen LogP contribution in [0.25, 0.3) is 11.0 Å². The number of fused-ring (bicyclic) bond motifs is 1. The van der Waals surface area contributed by atoms with Crippen LogP contribution in [-0.4, -0.2) is 78.5 Å². The Balaban J connectivity index is 2.11. The van der Waals surface area contributed by atoms with Gasteiger partial charge in [-0.05, 0) is 96.8 Å².